The molecule has 31 heavy (non-hydrogen) atoms. The summed E-state index contributed by atoms with van der Waals surface area (Å²) in [5.41, 5.74) is -5.02. The molecule has 0 unspecified atom stereocenters. The molecule has 8 nitrogen and oxygen atoms in total. The van der Waals surface area contributed by atoms with Gasteiger partial charge in [0.1, 0.15) is 16.8 Å². The highest BCUT2D eigenvalue weighted by Crippen LogP contribution is 2.79. The van der Waals surface area contributed by atoms with Gasteiger partial charge < -0.3 is 34.4 Å². The number of carbonyl (C=O) groups excluding carboxylic acids is 1. The number of likely N-dealkylation sites (tertiary alicyclic amines) is 1. The Kier molecular flexibility index (Phi) is 4.04. The molecule has 0 radical (unpaired) electrons. The summed E-state index contributed by atoms with van der Waals surface area (Å²) in [5, 5.41) is 36.6. The lowest BCUT2D eigenvalue weighted by atomic mass is 9.43. The van der Waals surface area contributed by atoms with E-state index in [9.17, 15) is 20.1 Å². The number of nitrogens with zero attached hydrogens (tertiary/aromatic N) is 1. The molecule has 1 aliphatic heterocycles. The largest absolute Gasteiger partial charge is 0.386 e. The van der Waals surface area contributed by atoms with Crippen LogP contribution in [0.25, 0.3) is 0 Å². The first-order chi connectivity index (χ1) is 14.7. The molecule has 5 saturated carbocycles. The van der Waals surface area contributed by atoms with Crippen LogP contribution >= 0.6 is 0 Å². The molecule has 174 valence electrons. The lowest BCUT2D eigenvalue weighted by Gasteiger charge is -2.69. The van der Waals surface area contributed by atoms with Gasteiger partial charge in [0, 0.05) is 69.4 Å². The van der Waals surface area contributed by atoms with Gasteiger partial charge in [0.25, 0.3) is 5.91 Å². The number of rotatable bonds is 4. The number of hydrogen-bond donors (Lipinski definition) is 3. The molecule has 3 N–H and O–H groups in total. The maximum Gasteiger partial charge on any atom is 0.255 e. The summed E-state index contributed by atoms with van der Waals surface area (Å²) < 4.78 is 17.8. The zero-order valence-corrected chi connectivity index (χ0v) is 18.8. The van der Waals surface area contributed by atoms with Gasteiger partial charge in [0.15, 0.2) is 0 Å². The number of ether oxygens (including phenoxy) is 3. The first-order valence-corrected chi connectivity index (χ1v) is 11.8. The number of amides is 1. The van der Waals surface area contributed by atoms with E-state index in [1.165, 1.54) is 0 Å². The van der Waals surface area contributed by atoms with Crippen LogP contribution < -0.4 is 0 Å². The molecule has 6 aliphatic rings. The third-order valence-electron chi connectivity index (χ3n) is 10.8. The predicted molar refractivity (Wildman–Crippen MR) is 108 cm³/mol. The Labute approximate surface area is 182 Å². The monoisotopic (exact) mass is 437 g/mol. The minimum atomic E-state index is -1.47. The quantitative estimate of drug-likeness (QED) is 0.565. The predicted octanol–water partition coefficient (Wildman–Crippen LogP) is -0.0749. The molecule has 0 aromatic rings. The van der Waals surface area contributed by atoms with Crippen molar-refractivity contribution in [3.05, 3.63) is 0 Å². The maximum atomic E-state index is 13.5. The summed E-state index contributed by atoms with van der Waals surface area (Å²) in [6.45, 7) is 2.39. The van der Waals surface area contributed by atoms with E-state index in [2.05, 4.69) is 0 Å². The average Bonchev–Trinajstić information content (AvgIpc) is 3.20. The van der Waals surface area contributed by atoms with Crippen molar-refractivity contribution in [1.29, 1.82) is 0 Å². The van der Waals surface area contributed by atoms with E-state index in [1.807, 2.05) is 6.92 Å². The second-order valence-electron chi connectivity index (χ2n) is 11.0. The lowest BCUT2D eigenvalue weighted by molar-refractivity contribution is -0.331. The average molecular weight is 438 g/mol. The number of methoxy groups -OCH3 is 3. The second kappa shape index (κ2) is 6.02. The normalized spacial score (nSPS) is 61.1. The zero-order chi connectivity index (χ0) is 22.1. The molecule has 6 rings (SSSR count). The molecule has 1 heterocycles. The van der Waals surface area contributed by atoms with Crippen LogP contribution in [0.3, 0.4) is 0 Å². The van der Waals surface area contributed by atoms with E-state index in [1.54, 1.807) is 26.2 Å². The van der Waals surface area contributed by atoms with Gasteiger partial charge in [-0.15, -0.1) is 0 Å². The molecule has 12 atom stereocenters. The van der Waals surface area contributed by atoms with Gasteiger partial charge in [-0.25, -0.2) is 0 Å². The van der Waals surface area contributed by atoms with Crippen LogP contribution in [0.1, 0.15) is 39.0 Å². The van der Waals surface area contributed by atoms with Crippen molar-refractivity contribution in [2.75, 3.05) is 27.9 Å². The highest BCUT2D eigenvalue weighted by atomic mass is 16.5. The summed E-state index contributed by atoms with van der Waals surface area (Å²) in [4.78, 5) is 15.3. The fourth-order valence-electron chi connectivity index (χ4n) is 10.1. The first kappa shape index (κ1) is 20.8. The highest BCUT2D eigenvalue weighted by molar-refractivity contribution is 5.88. The molecule has 6 fully saturated rings. The Morgan fingerprint density at radius 3 is 2.42 bits per heavy atom. The Balaban J connectivity index is 1.65. The summed E-state index contributed by atoms with van der Waals surface area (Å²) in [6.07, 6.45) is 1.36. The Morgan fingerprint density at radius 2 is 1.81 bits per heavy atom. The van der Waals surface area contributed by atoms with E-state index in [4.69, 9.17) is 14.2 Å². The van der Waals surface area contributed by atoms with E-state index in [0.717, 1.165) is 0 Å². The van der Waals surface area contributed by atoms with Crippen LogP contribution in [-0.2, 0) is 19.0 Å². The molecule has 0 aromatic carbocycles. The molecular formula is C23H35NO7. The molecule has 0 aromatic heterocycles. The van der Waals surface area contributed by atoms with Crippen molar-refractivity contribution in [2.24, 2.45) is 29.1 Å². The fourth-order valence-corrected chi connectivity index (χ4v) is 10.1. The molecule has 1 saturated heterocycles. The van der Waals surface area contributed by atoms with Crippen LogP contribution in [0.15, 0.2) is 0 Å². The molecule has 1 amide bonds. The van der Waals surface area contributed by atoms with Gasteiger partial charge in [-0.2, -0.15) is 0 Å². The minimum Gasteiger partial charge on any atom is -0.386 e. The van der Waals surface area contributed by atoms with Crippen molar-refractivity contribution in [2.45, 2.75) is 80.2 Å². The third-order valence-corrected chi connectivity index (χ3v) is 10.8. The zero-order valence-electron chi connectivity index (χ0n) is 18.8. The maximum absolute atomic E-state index is 13.5. The highest BCUT2D eigenvalue weighted by Gasteiger charge is 2.89. The van der Waals surface area contributed by atoms with Gasteiger partial charge in [0.05, 0.1) is 18.3 Å². The SMILES string of the molecule is CCN1C(=O)[C@]2(O)CC[C@H](OC)[C@]34[C@@H]1[C@H](C[C@@H]32)[C@@]1(O)C[C@H](OC)[C@H]2C[C@@H]4[C@]1(O)[C@H]2OC. The van der Waals surface area contributed by atoms with Gasteiger partial charge in [0.2, 0.25) is 0 Å². The van der Waals surface area contributed by atoms with Gasteiger partial charge in [-0.1, -0.05) is 0 Å². The van der Waals surface area contributed by atoms with E-state index in [-0.39, 0.29) is 47.8 Å². The van der Waals surface area contributed by atoms with Crippen molar-refractivity contribution in [1.82, 2.24) is 4.90 Å². The second-order valence-corrected chi connectivity index (χ2v) is 11.0. The van der Waals surface area contributed by atoms with E-state index in [0.29, 0.717) is 38.6 Å². The Bertz CT molecular complexity index is 824. The van der Waals surface area contributed by atoms with Crippen molar-refractivity contribution >= 4 is 5.91 Å². The summed E-state index contributed by atoms with van der Waals surface area (Å²) in [5.74, 6) is -1.34. The molecule has 5 aliphatic carbocycles. The van der Waals surface area contributed by atoms with Gasteiger partial charge >= 0.3 is 0 Å². The van der Waals surface area contributed by atoms with Crippen molar-refractivity contribution in [3.63, 3.8) is 0 Å². The van der Waals surface area contributed by atoms with Gasteiger partial charge in [-0.3, -0.25) is 4.79 Å². The van der Waals surface area contributed by atoms with Crippen LogP contribution in [-0.4, -0.2) is 95.2 Å². The summed E-state index contributed by atoms with van der Waals surface area (Å²) in [6, 6.07) is -0.275. The van der Waals surface area contributed by atoms with Crippen LogP contribution in [0.5, 0.6) is 0 Å². The lowest BCUT2D eigenvalue weighted by Crippen LogP contribution is -2.83. The number of piperidine rings is 1. The van der Waals surface area contributed by atoms with Gasteiger partial charge in [-0.05, 0) is 32.6 Å². The number of hydrogen-bond acceptors (Lipinski definition) is 7. The molecule has 7 bridgehead atoms. The molecule has 1 spiro atoms. The number of fused-ring (bicyclic) bond motifs is 2. The van der Waals surface area contributed by atoms with E-state index >= 15 is 0 Å². The third kappa shape index (κ3) is 1.82. The van der Waals surface area contributed by atoms with Crippen LogP contribution in [0.2, 0.25) is 0 Å². The smallest absolute Gasteiger partial charge is 0.255 e. The Hall–Kier alpha value is -0.770. The topological polar surface area (TPSA) is 109 Å². The Morgan fingerprint density at radius 1 is 1.06 bits per heavy atom. The number of likely N-dealkylation sites (N-methyl/N-ethyl adjacent to an activating group) is 1. The summed E-state index contributed by atoms with van der Waals surface area (Å²) in [7, 11) is 4.95. The number of aliphatic hydroxyl groups is 3. The number of carbonyl (C=O) groups is 1. The molecule has 8 heteroatoms. The van der Waals surface area contributed by atoms with Crippen LogP contribution in [0, 0.1) is 29.1 Å². The van der Waals surface area contributed by atoms with Crippen molar-refractivity contribution in [3.8, 4) is 0 Å². The van der Waals surface area contributed by atoms with Crippen molar-refractivity contribution < 1.29 is 34.3 Å². The summed E-state index contributed by atoms with van der Waals surface area (Å²) >= 11 is 0. The van der Waals surface area contributed by atoms with Crippen LogP contribution in [0.4, 0.5) is 0 Å². The molecular weight excluding hydrogens is 402 g/mol. The fraction of sp³-hybridized carbons (Fsp3) is 0.957. The standard InChI is InChI=1S/C23H35NO7/c1-5-24-17-12-9-14-20(26,19(24)25)7-6-16(30-3)22(14,17)15-8-11-13(29-2)10-21(12,27)23(15,28)18(11)31-4/h11-18,26-28H,5-10H2,1-4H3/t11-,12+,13+,14-,15+,16+,17+,18+,20+,21+,22+,23+/m1/s1. The van der Waals surface area contributed by atoms with E-state index < -0.39 is 28.3 Å². The minimum absolute atomic E-state index is 0.0574. The first-order valence-electron chi connectivity index (χ1n) is 11.8.